The van der Waals surface area contributed by atoms with Crippen molar-refractivity contribution in [2.45, 2.75) is 76.4 Å². The molecule has 154 valence electrons. The van der Waals surface area contributed by atoms with Crippen molar-refractivity contribution in [1.82, 2.24) is 0 Å². The maximum Gasteiger partial charge on any atom is 0.119 e. The number of allylic oxidation sites excluding steroid dienone is 1. The lowest BCUT2D eigenvalue weighted by Gasteiger charge is -2.47. The molecule has 2 aliphatic rings. The molecule has 3 atom stereocenters. The van der Waals surface area contributed by atoms with Crippen LogP contribution in [0.15, 0.2) is 54.6 Å². The molecule has 0 amide bonds. The number of rotatable bonds is 6. The number of hydrogen-bond acceptors (Lipinski definition) is 2. The van der Waals surface area contributed by atoms with E-state index in [1.807, 2.05) is 0 Å². The molecule has 2 aromatic rings. The van der Waals surface area contributed by atoms with Crippen molar-refractivity contribution in [3.63, 3.8) is 0 Å². The van der Waals surface area contributed by atoms with Gasteiger partial charge in [0.05, 0.1) is 19.3 Å². The van der Waals surface area contributed by atoms with Gasteiger partial charge in [0.25, 0.3) is 0 Å². The SMILES string of the molecule is C=C(C)CC1(C)CC[C@H]2CC[C@](C)(OCc3ccccc3)c3cc(OC)cc1c32. The monoisotopic (exact) mass is 390 g/mol. The first-order valence-corrected chi connectivity index (χ1v) is 10.9. The van der Waals surface area contributed by atoms with Crippen molar-refractivity contribution in [2.24, 2.45) is 0 Å². The van der Waals surface area contributed by atoms with Gasteiger partial charge in [0.1, 0.15) is 5.75 Å². The van der Waals surface area contributed by atoms with Crippen LogP contribution in [0, 0.1) is 0 Å². The standard InChI is InChI=1S/C27H34O2/c1-19(2)17-26(3)13-11-21-12-14-27(4,29-18-20-9-7-6-8-10-20)24-16-22(28-5)15-23(26)25(21)24/h6-10,15-16,21H,1,11-14,17-18H2,2-5H3/t21-,26?,27-/m0/s1. The zero-order chi connectivity index (χ0) is 20.6. The van der Waals surface area contributed by atoms with Gasteiger partial charge in [0, 0.05) is 0 Å². The largest absolute Gasteiger partial charge is 0.497 e. The highest BCUT2D eigenvalue weighted by Crippen LogP contribution is 2.55. The Morgan fingerprint density at radius 2 is 1.76 bits per heavy atom. The van der Waals surface area contributed by atoms with E-state index in [2.05, 4.69) is 69.8 Å². The predicted molar refractivity (Wildman–Crippen MR) is 120 cm³/mol. The first-order chi connectivity index (χ1) is 13.8. The quantitative estimate of drug-likeness (QED) is 0.493. The van der Waals surface area contributed by atoms with Gasteiger partial charge in [-0.25, -0.2) is 0 Å². The number of methoxy groups -OCH3 is 1. The number of ether oxygens (including phenoxy) is 2. The Balaban J connectivity index is 1.78. The summed E-state index contributed by atoms with van der Waals surface area (Å²) in [5.41, 5.74) is 6.64. The molecule has 4 rings (SSSR count). The lowest BCUT2D eigenvalue weighted by Crippen LogP contribution is -2.38. The van der Waals surface area contributed by atoms with Gasteiger partial charge in [-0.1, -0.05) is 42.8 Å². The Morgan fingerprint density at radius 1 is 1.07 bits per heavy atom. The van der Waals surface area contributed by atoms with Gasteiger partial charge in [-0.2, -0.15) is 0 Å². The van der Waals surface area contributed by atoms with E-state index in [1.165, 1.54) is 47.1 Å². The van der Waals surface area contributed by atoms with E-state index in [1.54, 1.807) is 7.11 Å². The van der Waals surface area contributed by atoms with Gasteiger partial charge in [-0.05, 0) is 91.7 Å². The lowest BCUT2D eigenvalue weighted by atomic mass is 9.59. The number of hydrogen-bond donors (Lipinski definition) is 0. The first-order valence-electron chi connectivity index (χ1n) is 10.9. The molecule has 0 saturated carbocycles. The average molecular weight is 391 g/mol. The highest BCUT2D eigenvalue weighted by molar-refractivity contribution is 5.53. The second kappa shape index (κ2) is 7.65. The zero-order valence-corrected chi connectivity index (χ0v) is 18.4. The van der Waals surface area contributed by atoms with Crippen LogP contribution in [0.1, 0.15) is 81.0 Å². The summed E-state index contributed by atoms with van der Waals surface area (Å²) in [6, 6.07) is 15.0. The summed E-state index contributed by atoms with van der Waals surface area (Å²) in [5, 5.41) is 0. The van der Waals surface area contributed by atoms with E-state index in [0.717, 1.165) is 18.6 Å². The molecule has 0 aromatic heterocycles. The van der Waals surface area contributed by atoms with E-state index in [4.69, 9.17) is 9.47 Å². The maximum atomic E-state index is 6.63. The second-order valence-corrected chi connectivity index (χ2v) is 9.61. The van der Waals surface area contributed by atoms with Crippen LogP contribution in [0.3, 0.4) is 0 Å². The molecule has 2 aromatic carbocycles. The number of benzene rings is 2. The van der Waals surface area contributed by atoms with Gasteiger partial charge in [-0.3, -0.25) is 0 Å². The Bertz CT molecular complexity index is 900. The fourth-order valence-electron chi connectivity index (χ4n) is 5.58. The minimum absolute atomic E-state index is 0.124. The molecule has 29 heavy (non-hydrogen) atoms. The molecular formula is C27H34O2. The molecule has 2 nitrogen and oxygen atoms in total. The van der Waals surface area contributed by atoms with Crippen molar-refractivity contribution < 1.29 is 9.47 Å². The summed E-state index contributed by atoms with van der Waals surface area (Å²) < 4.78 is 12.4. The highest BCUT2D eigenvalue weighted by Gasteiger charge is 2.45. The van der Waals surface area contributed by atoms with Crippen molar-refractivity contribution >= 4 is 0 Å². The molecule has 0 spiro atoms. The normalized spacial score (nSPS) is 27.9. The van der Waals surface area contributed by atoms with Crippen LogP contribution in [0.5, 0.6) is 5.75 Å². The smallest absolute Gasteiger partial charge is 0.119 e. The third-order valence-electron chi connectivity index (χ3n) is 7.12. The Kier molecular flexibility index (Phi) is 5.33. The van der Waals surface area contributed by atoms with Crippen molar-refractivity contribution in [3.05, 3.63) is 76.9 Å². The molecule has 2 aliphatic carbocycles. The third-order valence-corrected chi connectivity index (χ3v) is 7.12. The molecule has 0 bridgehead atoms. The maximum absolute atomic E-state index is 6.63. The molecule has 0 aliphatic heterocycles. The Morgan fingerprint density at radius 3 is 2.45 bits per heavy atom. The van der Waals surface area contributed by atoms with Crippen LogP contribution in [0.2, 0.25) is 0 Å². The Hall–Kier alpha value is -2.06. The van der Waals surface area contributed by atoms with Crippen LogP contribution in [0.4, 0.5) is 0 Å². The second-order valence-electron chi connectivity index (χ2n) is 9.61. The van der Waals surface area contributed by atoms with Crippen LogP contribution in [-0.4, -0.2) is 7.11 Å². The first kappa shape index (κ1) is 20.2. The summed E-state index contributed by atoms with van der Waals surface area (Å²) in [7, 11) is 1.77. The summed E-state index contributed by atoms with van der Waals surface area (Å²) in [6.07, 6.45) is 5.75. The summed E-state index contributed by atoms with van der Waals surface area (Å²) >= 11 is 0. The lowest BCUT2D eigenvalue weighted by molar-refractivity contribution is -0.0632. The summed E-state index contributed by atoms with van der Waals surface area (Å²) in [6.45, 7) is 11.7. The summed E-state index contributed by atoms with van der Waals surface area (Å²) in [5.74, 6) is 1.58. The summed E-state index contributed by atoms with van der Waals surface area (Å²) in [4.78, 5) is 0. The molecule has 0 fully saturated rings. The molecule has 0 N–H and O–H groups in total. The molecule has 0 radical (unpaired) electrons. The van der Waals surface area contributed by atoms with E-state index >= 15 is 0 Å². The molecule has 1 unspecified atom stereocenters. The molecule has 2 heteroatoms. The molecular weight excluding hydrogens is 356 g/mol. The van der Waals surface area contributed by atoms with Gasteiger partial charge in [0.15, 0.2) is 0 Å². The fourth-order valence-corrected chi connectivity index (χ4v) is 5.58. The van der Waals surface area contributed by atoms with E-state index < -0.39 is 0 Å². The van der Waals surface area contributed by atoms with Crippen LogP contribution in [-0.2, 0) is 22.4 Å². The van der Waals surface area contributed by atoms with Crippen molar-refractivity contribution in [3.8, 4) is 5.75 Å². The zero-order valence-electron chi connectivity index (χ0n) is 18.4. The predicted octanol–water partition coefficient (Wildman–Crippen LogP) is 7.02. The minimum Gasteiger partial charge on any atom is -0.497 e. The van der Waals surface area contributed by atoms with Gasteiger partial charge in [-0.15, -0.1) is 6.58 Å². The average Bonchev–Trinajstić information content (AvgIpc) is 2.71. The van der Waals surface area contributed by atoms with Gasteiger partial charge >= 0.3 is 0 Å². The van der Waals surface area contributed by atoms with E-state index in [-0.39, 0.29) is 11.0 Å². The van der Waals surface area contributed by atoms with Crippen LogP contribution in [0.25, 0.3) is 0 Å². The van der Waals surface area contributed by atoms with Crippen LogP contribution >= 0.6 is 0 Å². The topological polar surface area (TPSA) is 18.5 Å². The fraction of sp³-hybridized carbons (Fsp3) is 0.481. The van der Waals surface area contributed by atoms with Gasteiger partial charge in [0.2, 0.25) is 0 Å². The highest BCUT2D eigenvalue weighted by atomic mass is 16.5. The van der Waals surface area contributed by atoms with Crippen LogP contribution < -0.4 is 4.74 Å². The minimum atomic E-state index is -0.285. The van der Waals surface area contributed by atoms with Crippen molar-refractivity contribution in [1.29, 1.82) is 0 Å². The molecule has 0 saturated heterocycles. The molecule has 0 heterocycles. The van der Waals surface area contributed by atoms with E-state index in [9.17, 15) is 0 Å². The third kappa shape index (κ3) is 3.75. The van der Waals surface area contributed by atoms with Gasteiger partial charge < -0.3 is 9.47 Å². The Labute approximate surface area is 175 Å². The van der Waals surface area contributed by atoms with Crippen molar-refractivity contribution in [2.75, 3.05) is 7.11 Å². The van der Waals surface area contributed by atoms with E-state index in [0.29, 0.717) is 12.5 Å².